The monoisotopic (exact) mass is 383 g/mol. The maximum absolute atomic E-state index is 5.72. The molecule has 0 aliphatic carbocycles. The van der Waals surface area contributed by atoms with E-state index in [-0.39, 0.29) is 0 Å². The number of anilines is 1. The fraction of sp³-hybridized carbons (Fsp3) is 0.200. The molecule has 0 saturated carbocycles. The van der Waals surface area contributed by atoms with Gasteiger partial charge in [-0.3, -0.25) is 0 Å². The summed E-state index contributed by atoms with van der Waals surface area (Å²) in [7, 11) is 0. The molecule has 0 aliphatic rings. The fourth-order valence-corrected chi connectivity index (χ4v) is 2.68. The van der Waals surface area contributed by atoms with E-state index < -0.39 is 0 Å². The van der Waals surface area contributed by atoms with Gasteiger partial charge in [0, 0.05) is 16.7 Å². The summed E-state index contributed by atoms with van der Waals surface area (Å²) in [5, 5.41) is 3.32. The van der Waals surface area contributed by atoms with Crippen molar-refractivity contribution < 1.29 is 4.74 Å². The van der Waals surface area contributed by atoms with Gasteiger partial charge >= 0.3 is 0 Å². The first-order chi connectivity index (χ1) is 9.15. The van der Waals surface area contributed by atoms with Crippen LogP contribution in [0.1, 0.15) is 5.56 Å². The van der Waals surface area contributed by atoms with Gasteiger partial charge in [-0.15, -0.1) is 0 Å². The largest absolute Gasteiger partial charge is 0.491 e. The van der Waals surface area contributed by atoms with Crippen LogP contribution in [-0.2, 0) is 0 Å². The van der Waals surface area contributed by atoms with Crippen LogP contribution in [0.5, 0.6) is 5.75 Å². The van der Waals surface area contributed by atoms with Gasteiger partial charge in [0.1, 0.15) is 12.4 Å². The third-order valence-corrected chi connectivity index (χ3v) is 3.71. The predicted molar refractivity (Wildman–Crippen MR) is 87.0 cm³/mol. The number of nitrogens with one attached hydrogen (secondary N) is 1. The van der Waals surface area contributed by atoms with Crippen molar-refractivity contribution in [1.29, 1.82) is 0 Å². The van der Waals surface area contributed by atoms with E-state index in [0.29, 0.717) is 6.61 Å². The van der Waals surface area contributed by atoms with Crippen LogP contribution < -0.4 is 10.1 Å². The number of rotatable bonds is 5. The first-order valence-corrected chi connectivity index (χ1v) is 7.62. The fourth-order valence-electron chi connectivity index (χ4n) is 1.68. The van der Waals surface area contributed by atoms with Crippen molar-refractivity contribution in [3.05, 3.63) is 57.0 Å². The van der Waals surface area contributed by atoms with E-state index in [1.165, 1.54) is 5.56 Å². The Hall–Kier alpha value is -1.000. The van der Waals surface area contributed by atoms with E-state index in [0.717, 1.165) is 26.9 Å². The van der Waals surface area contributed by atoms with E-state index in [4.69, 9.17) is 4.74 Å². The standard InChI is InChI=1S/C15H15Br2NO/c1-11-5-6-15(14(17)9-11)19-8-7-18-13-4-2-3-12(16)10-13/h2-6,9-10,18H,7-8H2,1H3. The molecule has 1 N–H and O–H groups in total. The van der Waals surface area contributed by atoms with E-state index >= 15 is 0 Å². The molecule has 100 valence electrons. The number of ether oxygens (including phenoxy) is 1. The summed E-state index contributed by atoms with van der Waals surface area (Å²) in [6.45, 7) is 3.44. The number of hydrogen-bond donors (Lipinski definition) is 1. The molecule has 2 nitrogen and oxygen atoms in total. The second-order valence-corrected chi connectivity index (χ2v) is 5.99. The summed E-state index contributed by atoms with van der Waals surface area (Å²) in [6, 6.07) is 14.2. The Bertz CT molecular complexity index is 558. The molecule has 0 aromatic heterocycles. The molecule has 0 atom stereocenters. The van der Waals surface area contributed by atoms with Gasteiger partial charge in [0.15, 0.2) is 0 Å². The first kappa shape index (κ1) is 14.4. The first-order valence-electron chi connectivity index (χ1n) is 6.03. The van der Waals surface area contributed by atoms with Crippen LogP contribution in [0, 0.1) is 6.92 Å². The van der Waals surface area contributed by atoms with Gasteiger partial charge in [0.2, 0.25) is 0 Å². The summed E-state index contributed by atoms with van der Waals surface area (Å²) in [5.41, 5.74) is 2.30. The minimum Gasteiger partial charge on any atom is -0.491 e. The lowest BCUT2D eigenvalue weighted by Crippen LogP contribution is -2.11. The zero-order chi connectivity index (χ0) is 13.7. The normalized spacial score (nSPS) is 10.3. The minimum absolute atomic E-state index is 0.619. The molecular weight excluding hydrogens is 370 g/mol. The number of halogens is 2. The van der Waals surface area contributed by atoms with Gasteiger partial charge < -0.3 is 10.1 Å². The van der Waals surface area contributed by atoms with Gasteiger partial charge in [-0.1, -0.05) is 28.1 Å². The van der Waals surface area contributed by atoms with E-state index in [1.54, 1.807) is 0 Å². The molecule has 0 amide bonds. The third kappa shape index (κ3) is 4.55. The molecule has 19 heavy (non-hydrogen) atoms. The summed E-state index contributed by atoms with van der Waals surface area (Å²) in [6.07, 6.45) is 0. The van der Waals surface area contributed by atoms with Crippen LogP contribution in [0.25, 0.3) is 0 Å². The van der Waals surface area contributed by atoms with E-state index in [2.05, 4.69) is 50.2 Å². The quantitative estimate of drug-likeness (QED) is 0.731. The highest BCUT2D eigenvalue weighted by Crippen LogP contribution is 2.25. The summed E-state index contributed by atoms with van der Waals surface area (Å²) in [5.74, 6) is 0.877. The number of benzene rings is 2. The Morgan fingerprint density at radius 1 is 1.11 bits per heavy atom. The summed E-state index contributed by atoms with van der Waals surface area (Å²) >= 11 is 6.95. The Morgan fingerprint density at radius 2 is 1.95 bits per heavy atom. The van der Waals surface area contributed by atoms with Crippen molar-refractivity contribution >= 4 is 37.5 Å². The summed E-state index contributed by atoms with van der Waals surface area (Å²) in [4.78, 5) is 0. The number of hydrogen-bond acceptors (Lipinski definition) is 2. The molecular formula is C15H15Br2NO. The van der Waals surface area contributed by atoms with Crippen molar-refractivity contribution in [3.8, 4) is 5.75 Å². The van der Waals surface area contributed by atoms with Gasteiger partial charge in [-0.2, -0.15) is 0 Å². The van der Waals surface area contributed by atoms with Gasteiger partial charge in [-0.05, 0) is 58.7 Å². The highest BCUT2D eigenvalue weighted by molar-refractivity contribution is 9.10. The van der Waals surface area contributed by atoms with Crippen LogP contribution in [0.4, 0.5) is 5.69 Å². The number of aryl methyl sites for hydroxylation is 1. The van der Waals surface area contributed by atoms with Crippen LogP contribution >= 0.6 is 31.9 Å². The Balaban J connectivity index is 1.81. The molecule has 0 fully saturated rings. The molecule has 2 rings (SSSR count). The molecule has 0 saturated heterocycles. The van der Waals surface area contributed by atoms with Crippen LogP contribution in [0.15, 0.2) is 51.4 Å². The van der Waals surface area contributed by atoms with Crippen molar-refractivity contribution in [3.63, 3.8) is 0 Å². The molecule has 2 aromatic carbocycles. The Morgan fingerprint density at radius 3 is 2.68 bits per heavy atom. The zero-order valence-electron chi connectivity index (χ0n) is 10.6. The second-order valence-electron chi connectivity index (χ2n) is 4.22. The smallest absolute Gasteiger partial charge is 0.133 e. The average molecular weight is 385 g/mol. The van der Waals surface area contributed by atoms with Crippen molar-refractivity contribution in [1.82, 2.24) is 0 Å². The lowest BCUT2D eigenvalue weighted by molar-refractivity contribution is 0.331. The maximum atomic E-state index is 5.72. The zero-order valence-corrected chi connectivity index (χ0v) is 13.8. The lowest BCUT2D eigenvalue weighted by atomic mass is 10.2. The van der Waals surface area contributed by atoms with Crippen molar-refractivity contribution in [2.45, 2.75) is 6.92 Å². The average Bonchev–Trinajstić information content (AvgIpc) is 2.37. The van der Waals surface area contributed by atoms with Gasteiger partial charge in [0.25, 0.3) is 0 Å². The third-order valence-electron chi connectivity index (χ3n) is 2.60. The van der Waals surface area contributed by atoms with Crippen molar-refractivity contribution in [2.24, 2.45) is 0 Å². The topological polar surface area (TPSA) is 21.3 Å². The van der Waals surface area contributed by atoms with Crippen LogP contribution in [0.2, 0.25) is 0 Å². The van der Waals surface area contributed by atoms with E-state index in [1.807, 2.05) is 36.4 Å². The molecule has 0 unspecified atom stereocenters. The van der Waals surface area contributed by atoms with Crippen LogP contribution in [0.3, 0.4) is 0 Å². The van der Waals surface area contributed by atoms with E-state index in [9.17, 15) is 0 Å². The van der Waals surface area contributed by atoms with Gasteiger partial charge in [0.05, 0.1) is 4.47 Å². The maximum Gasteiger partial charge on any atom is 0.133 e. The minimum atomic E-state index is 0.619. The molecule has 0 spiro atoms. The lowest BCUT2D eigenvalue weighted by Gasteiger charge is -2.10. The molecule has 0 radical (unpaired) electrons. The van der Waals surface area contributed by atoms with Crippen LogP contribution in [-0.4, -0.2) is 13.2 Å². The second kappa shape index (κ2) is 6.96. The molecule has 0 heterocycles. The SMILES string of the molecule is Cc1ccc(OCCNc2cccc(Br)c2)c(Br)c1. The molecule has 0 bridgehead atoms. The molecule has 0 aliphatic heterocycles. The molecule has 2 aromatic rings. The highest BCUT2D eigenvalue weighted by atomic mass is 79.9. The van der Waals surface area contributed by atoms with Crippen molar-refractivity contribution in [2.75, 3.05) is 18.5 Å². The Labute approximate surface area is 130 Å². The van der Waals surface area contributed by atoms with Gasteiger partial charge in [-0.25, -0.2) is 0 Å². The predicted octanol–water partition coefficient (Wildman–Crippen LogP) is 5.01. The summed E-state index contributed by atoms with van der Waals surface area (Å²) < 4.78 is 7.79. The highest BCUT2D eigenvalue weighted by Gasteiger charge is 2.00. The Kier molecular flexibility index (Phi) is 5.28. The molecule has 4 heteroatoms.